The summed E-state index contributed by atoms with van der Waals surface area (Å²) < 4.78 is 5.67. The molecule has 1 amide bonds. The van der Waals surface area contributed by atoms with E-state index in [-0.39, 0.29) is 11.7 Å². The van der Waals surface area contributed by atoms with E-state index in [0.717, 1.165) is 35.8 Å². The van der Waals surface area contributed by atoms with Crippen LogP contribution in [0.25, 0.3) is 0 Å². The van der Waals surface area contributed by atoms with Crippen LogP contribution in [0.5, 0.6) is 5.75 Å². The maximum atomic E-state index is 11.0. The predicted octanol–water partition coefficient (Wildman–Crippen LogP) is 4.06. The van der Waals surface area contributed by atoms with Crippen molar-refractivity contribution < 1.29 is 9.53 Å². The highest BCUT2D eigenvalue weighted by Gasteiger charge is 2.04. The number of amides is 1. The molecule has 0 bridgehead atoms. The van der Waals surface area contributed by atoms with Crippen molar-refractivity contribution in [1.29, 1.82) is 0 Å². The molecule has 5 heteroatoms. The van der Waals surface area contributed by atoms with Crippen molar-refractivity contribution in [2.75, 3.05) is 17.7 Å². The lowest BCUT2D eigenvalue weighted by Crippen LogP contribution is -2.13. The van der Waals surface area contributed by atoms with Gasteiger partial charge in [-0.25, -0.2) is 0 Å². The van der Waals surface area contributed by atoms with Gasteiger partial charge in [0.1, 0.15) is 5.75 Å². The molecule has 0 aliphatic rings. The highest BCUT2D eigenvalue weighted by Crippen LogP contribution is 2.27. The number of nitrogens with two attached hydrogens (primary N) is 1. The van der Waals surface area contributed by atoms with Crippen molar-refractivity contribution in [3.63, 3.8) is 0 Å². The molecule has 2 rings (SSSR count). The van der Waals surface area contributed by atoms with Crippen LogP contribution in [0.15, 0.2) is 53.4 Å². The number of nitrogens with one attached hydrogen (secondary N) is 1. The SMILES string of the molecule is CCCCOc1ccc(CNc2ccccc2SCC(N)=O)cc1. The first-order valence-electron chi connectivity index (χ1n) is 8.14. The maximum absolute atomic E-state index is 11.0. The number of para-hydroxylation sites is 1. The van der Waals surface area contributed by atoms with E-state index in [1.807, 2.05) is 36.4 Å². The van der Waals surface area contributed by atoms with Crippen LogP contribution in [0.3, 0.4) is 0 Å². The molecular formula is C19H24N2O2S. The second kappa shape index (κ2) is 9.88. The summed E-state index contributed by atoms with van der Waals surface area (Å²) in [7, 11) is 0. The van der Waals surface area contributed by atoms with E-state index in [2.05, 4.69) is 24.4 Å². The number of unbranched alkanes of at least 4 members (excludes halogenated alkanes) is 1. The first-order valence-corrected chi connectivity index (χ1v) is 9.13. The molecule has 0 saturated heterocycles. The lowest BCUT2D eigenvalue weighted by molar-refractivity contribution is -0.115. The molecule has 0 aliphatic carbocycles. The molecule has 0 fully saturated rings. The van der Waals surface area contributed by atoms with E-state index in [1.54, 1.807) is 0 Å². The van der Waals surface area contributed by atoms with Crippen LogP contribution in [0.4, 0.5) is 5.69 Å². The third-order valence-corrected chi connectivity index (χ3v) is 4.53. The van der Waals surface area contributed by atoms with Gasteiger partial charge >= 0.3 is 0 Å². The van der Waals surface area contributed by atoms with Crippen molar-refractivity contribution in [2.24, 2.45) is 5.73 Å². The summed E-state index contributed by atoms with van der Waals surface area (Å²) in [5.74, 6) is 0.876. The average Bonchev–Trinajstić information content (AvgIpc) is 2.60. The lowest BCUT2D eigenvalue weighted by atomic mass is 10.2. The van der Waals surface area contributed by atoms with Gasteiger partial charge in [-0.15, -0.1) is 11.8 Å². The second-order valence-corrected chi connectivity index (χ2v) is 6.47. The summed E-state index contributed by atoms with van der Waals surface area (Å²) >= 11 is 1.45. The molecule has 0 unspecified atom stereocenters. The molecule has 24 heavy (non-hydrogen) atoms. The van der Waals surface area contributed by atoms with Gasteiger partial charge in [-0.2, -0.15) is 0 Å². The first-order chi connectivity index (χ1) is 11.7. The fourth-order valence-corrected chi connectivity index (χ4v) is 2.89. The standard InChI is InChI=1S/C19H24N2O2S/c1-2-3-12-23-16-10-8-15(9-11-16)13-21-17-6-4-5-7-18(17)24-14-19(20)22/h4-11,21H,2-3,12-14H2,1H3,(H2,20,22). The Morgan fingerprint density at radius 3 is 2.62 bits per heavy atom. The monoisotopic (exact) mass is 344 g/mol. The molecule has 2 aromatic rings. The molecule has 3 N–H and O–H groups in total. The maximum Gasteiger partial charge on any atom is 0.227 e. The van der Waals surface area contributed by atoms with Gasteiger partial charge in [-0.1, -0.05) is 37.6 Å². The molecular weight excluding hydrogens is 320 g/mol. The van der Waals surface area contributed by atoms with E-state index in [4.69, 9.17) is 10.5 Å². The van der Waals surface area contributed by atoms with Crippen LogP contribution in [-0.2, 0) is 11.3 Å². The minimum atomic E-state index is -0.312. The second-order valence-electron chi connectivity index (χ2n) is 5.45. The van der Waals surface area contributed by atoms with Crippen LogP contribution in [-0.4, -0.2) is 18.3 Å². The Morgan fingerprint density at radius 1 is 1.17 bits per heavy atom. The molecule has 128 valence electrons. The number of carbonyl (C=O) groups excluding carboxylic acids is 1. The van der Waals surface area contributed by atoms with E-state index in [0.29, 0.717) is 6.54 Å². The summed E-state index contributed by atoms with van der Waals surface area (Å²) in [6.07, 6.45) is 2.21. The normalized spacial score (nSPS) is 10.4. The third-order valence-electron chi connectivity index (χ3n) is 3.43. The van der Waals surface area contributed by atoms with Crippen LogP contribution < -0.4 is 15.8 Å². The fraction of sp³-hybridized carbons (Fsp3) is 0.316. The summed E-state index contributed by atoms with van der Waals surface area (Å²) in [4.78, 5) is 12.0. The highest BCUT2D eigenvalue weighted by molar-refractivity contribution is 8.00. The van der Waals surface area contributed by atoms with Gasteiger partial charge < -0.3 is 15.8 Å². The molecule has 0 aliphatic heterocycles. The van der Waals surface area contributed by atoms with Crippen molar-refractivity contribution in [2.45, 2.75) is 31.2 Å². The molecule has 2 aromatic carbocycles. The first kappa shape index (κ1) is 18.2. The van der Waals surface area contributed by atoms with Crippen molar-refractivity contribution in [3.8, 4) is 5.75 Å². The van der Waals surface area contributed by atoms with Gasteiger partial charge in [0.25, 0.3) is 0 Å². The Kier molecular flexibility index (Phi) is 7.49. The van der Waals surface area contributed by atoms with Crippen LogP contribution in [0.2, 0.25) is 0 Å². The Hall–Kier alpha value is -2.14. The van der Waals surface area contributed by atoms with Gasteiger partial charge in [0.15, 0.2) is 0 Å². The quantitative estimate of drug-likeness (QED) is 0.504. The molecule has 4 nitrogen and oxygen atoms in total. The van der Waals surface area contributed by atoms with Crippen LogP contribution >= 0.6 is 11.8 Å². The third kappa shape index (κ3) is 6.16. The topological polar surface area (TPSA) is 64.3 Å². The molecule has 0 saturated carbocycles. The smallest absolute Gasteiger partial charge is 0.227 e. The number of hydrogen-bond donors (Lipinski definition) is 2. The van der Waals surface area contributed by atoms with E-state index in [1.165, 1.54) is 17.3 Å². The number of hydrogen-bond acceptors (Lipinski definition) is 4. The summed E-state index contributed by atoms with van der Waals surface area (Å²) in [6, 6.07) is 16.0. The summed E-state index contributed by atoms with van der Waals surface area (Å²) in [6.45, 7) is 3.62. The minimum Gasteiger partial charge on any atom is -0.494 e. The number of thioether (sulfide) groups is 1. The number of primary amides is 1. The Balaban J connectivity index is 1.90. The number of carbonyl (C=O) groups is 1. The van der Waals surface area contributed by atoms with Crippen molar-refractivity contribution in [3.05, 3.63) is 54.1 Å². The Morgan fingerprint density at radius 2 is 1.92 bits per heavy atom. The number of rotatable bonds is 10. The molecule has 0 heterocycles. The van der Waals surface area contributed by atoms with Crippen molar-refractivity contribution in [1.82, 2.24) is 0 Å². The molecule has 0 aromatic heterocycles. The molecule has 0 radical (unpaired) electrons. The number of anilines is 1. The van der Waals surface area contributed by atoms with E-state index < -0.39 is 0 Å². The molecule has 0 spiro atoms. The van der Waals surface area contributed by atoms with Crippen molar-refractivity contribution >= 4 is 23.4 Å². The zero-order chi connectivity index (χ0) is 17.2. The number of benzene rings is 2. The highest BCUT2D eigenvalue weighted by atomic mass is 32.2. The lowest BCUT2D eigenvalue weighted by Gasteiger charge is -2.12. The van der Waals surface area contributed by atoms with Gasteiger partial charge in [0, 0.05) is 17.1 Å². The van der Waals surface area contributed by atoms with Gasteiger partial charge in [0.05, 0.1) is 12.4 Å². The Labute approximate surface area is 147 Å². The predicted molar refractivity (Wildman–Crippen MR) is 101 cm³/mol. The summed E-state index contributed by atoms with van der Waals surface area (Å²) in [5.41, 5.74) is 7.40. The average molecular weight is 344 g/mol. The number of ether oxygens (including phenoxy) is 1. The van der Waals surface area contributed by atoms with E-state index >= 15 is 0 Å². The fourth-order valence-electron chi connectivity index (χ4n) is 2.12. The van der Waals surface area contributed by atoms with Gasteiger partial charge in [-0.05, 0) is 36.2 Å². The van der Waals surface area contributed by atoms with Crippen LogP contribution in [0, 0.1) is 0 Å². The van der Waals surface area contributed by atoms with E-state index in [9.17, 15) is 4.79 Å². The van der Waals surface area contributed by atoms with Gasteiger partial charge in [0.2, 0.25) is 5.91 Å². The Bertz CT molecular complexity index is 644. The largest absolute Gasteiger partial charge is 0.494 e. The minimum absolute atomic E-state index is 0.280. The van der Waals surface area contributed by atoms with Gasteiger partial charge in [-0.3, -0.25) is 4.79 Å². The molecule has 0 atom stereocenters. The summed E-state index contributed by atoms with van der Waals surface area (Å²) in [5, 5.41) is 3.41. The van der Waals surface area contributed by atoms with Crippen LogP contribution in [0.1, 0.15) is 25.3 Å². The zero-order valence-corrected chi connectivity index (χ0v) is 14.8. The zero-order valence-electron chi connectivity index (χ0n) is 14.0.